The van der Waals surface area contributed by atoms with Crippen LogP contribution in [0, 0.1) is 19.3 Å². The van der Waals surface area contributed by atoms with Crippen molar-refractivity contribution in [1.29, 1.82) is 0 Å². The molecule has 2 aromatic rings. The highest BCUT2D eigenvalue weighted by atomic mass is 32.1. The second-order valence-electron chi connectivity index (χ2n) is 9.68. The van der Waals surface area contributed by atoms with Crippen molar-refractivity contribution in [3.05, 3.63) is 50.7 Å². The molecule has 0 aliphatic heterocycles. The topological polar surface area (TPSA) is 78.8 Å². The minimum absolute atomic E-state index is 0.0378. The number of aliphatic carboxylic acids is 1. The summed E-state index contributed by atoms with van der Waals surface area (Å²) in [6, 6.07) is 8.64. The van der Waals surface area contributed by atoms with E-state index in [1.807, 2.05) is 26.8 Å². The van der Waals surface area contributed by atoms with Crippen molar-refractivity contribution in [2.45, 2.75) is 79.4 Å². The summed E-state index contributed by atoms with van der Waals surface area (Å²) in [5.41, 5.74) is 3.19. The third-order valence-electron chi connectivity index (χ3n) is 6.39. The zero-order valence-corrected chi connectivity index (χ0v) is 21.4. The summed E-state index contributed by atoms with van der Waals surface area (Å²) in [6.07, 6.45) is 1.40. The first kappa shape index (κ1) is 26.4. The summed E-state index contributed by atoms with van der Waals surface area (Å²) in [4.78, 5) is 13.3. The van der Waals surface area contributed by atoms with Crippen molar-refractivity contribution >= 4 is 17.3 Å². The van der Waals surface area contributed by atoms with Gasteiger partial charge in [0.2, 0.25) is 0 Å². The van der Waals surface area contributed by atoms with Gasteiger partial charge in [-0.05, 0) is 60.9 Å². The maximum atomic E-state index is 10.8. The fourth-order valence-corrected chi connectivity index (χ4v) is 5.39. The first-order chi connectivity index (χ1) is 14.9. The van der Waals surface area contributed by atoms with E-state index in [-0.39, 0.29) is 24.0 Å². The smallest absolute Gasteiger partial charge is 0.317 e. The van der Waals surface area contributed by atoms with Crippen LogP contribution in [0.1, 0.15) is 73.9 Å². The summed E-state index contributed by atoms with van der Waals surface area (Å²) in [5, 5.41) is 22.2. The maximum Gasteiger partial charge on any atom is 0.317 e. The van der Waals surface area contributed by atoms with Crippen molar-refractivity contribution in [2.75, 3.05) is 13.2 Å². The van der Waals surface area contributed by atoms with E-state index in [4.69, 9.17) is 9.84 Å². The predicted octanol–water partition coefficient (Wildman–Crippen LogP) is 5.43. The lowest BCUT2D eigenvalue weighted by Crippen LogP contribution is -2.32. The van der Waals surface area contributed by atoms with E-state index in [0.717, 1.165) is 24.2 Å². The molecule has 0 aliphatic rings. The third-order valence-corrected chi connectivity index (χ3v) is 7.83. The average Bonchev–Trinajstić information content (AvgIpc) is 3.08. The predicted molar refractivity (Wildman–Crippen MR) is 132 cm³/mol. The van der Waals surface area contributed by atoms with E-state index in [0.29, 0.717) is 6.54 Å². The van der Waals surface area contributed by atoms with Crippen LogP contribution in [0.25, 0.3) is 0 Å². The van der Waals surface area contributed by atoms with E-state index in [9.17, 15) is 9.90 Å². The van der Waals surface area contributed by atoms with Crippen LogP contribution in [-0.4, -0.2) is 35.4 Å². The number of aliphatic hydroxyl groups is 1. The molecule has 0 saturated heterocycles. The van der Waals surface area contributed by atoms with E-state index >= 15 is 0 Å². The van der Waals surface area contributed by atoms with Gasteiger partial charge in [-0.1, -0.05) is 46.8 Å². The van der Waals surface area contributed by atoms with Crippen molar-refractivity contribution in [1.82, 2.24) is 5.32 Å². The van der Waals surface area contributed by atoms with Gasteiger partial charge in [0.05, 0.1) is 12.6 Å². The number of ether oxygens (including phenoxy) is 1. The Balaban J connectivity index is 2.29. The largest absolute Gasteiger partial charge is 0.491 e. The van der Waals surface area contributed by atoms with Crippen LogP contribution >= 0.6 is 11.3 Å². The van der Waals surface area contributed by atoms with Crippen molar-refractivity contribution in [3.63, 3.8) is 0 Å². The van der Waals surface area contributed by atoms with Crippen LogP contribution < -0.4 is 10.1 Å². The lowest BCUT2D eigenvalue weighted by atomic mass is 9.74. The number of benzene rings is 1. The lowest BCUT2D eigenvalue weighted by Gasteiger charge is -2.32. The molecule has 1 aromatic carbocycles. The number of carboxylic acids is 1. The molecule has 32 heavy (non-hydrogen) atoms. The number of aryl methyl sites for hydroxylation is 2. The molecule has 0 radical (unpaired) electrons. The summed E-state index contributed by atoms with van der Waals surface area (Å²) in [5.74, 6) is -0.0391. The second kappa shape index (κ2) is 10.8. The molecule has 1 unspecified atom stereocenters. The molecule has 6 heteroatoms. The molecular weight excluding hydrogens is 422 g/mol. The molecule has 1 heterocycles. The number of hydrogen-bond donors (Lipinski definition) is 3. The number of rotatable bonds is 11. The average molecular weight is 462 g/mol. The van der Waals surface area contributed by atoms with Crippen molar-refractivity contribution in [2.24, 2.45) is 5.41 Å². The first-order valence-electron chi connectivity index (χ1n) is 11.4. The third kappa shape index (κ3) is 6.12. The summed E-state index contributed by atoms with van der Waals surface area (Å²) < 4.78 is 5.95. The second-order valence-corrected chi connectivity index (χ2v) is 10.8. The quantitative estimate of drug-likeness (QED) is 0.416. The molecule has 3 N–H and O–H groups in total. The Morgan fingerprint density at radius 1 is 1.12 bits per heavy atom. The molecule has 0 saturated carbocycles. The van der Waals surface area contributed by atoms with Gasteiger partial charge < -0.3 is 20.3 Å². The number of carboxylic acid groups (broad SMARTS) is 1. The Hall–Kier alpha value is -1.89. The molecule has 0 bridgehead atoms. The Bertz CT molecular complexity index is 909. The van der Waals surface area contributed by atoms with Gasteiger partial charge in [0.15, 0.2) is 0 Å². The number of carbonyl (C=O) groups is 1. The van der Waals surface area contributed by atoms with Crippen LogP contribution in [0.5, 0.6) is 5.75 Å². The van der Waals surface area contributed by atoms with Crippen LogP contribution in [0.3, 0.4) is 0 Å². The van der Waals surface area contributed by atoms with Crippen LogP contribution in [0.15, 0.2) is 24.3 Å². The van der Waals surface area contributed by atoms with Gasteiger partial charge in [0.25, 0.3) is 0 Å². The minimum atomic E-state index is -0.844. The van der Waals surface area contributed by atoms with Gasteiger partial charge in [0.1, 0.15) is 12.4 Å². The van der Waals surface area contributed by atoms with Gasteiger partial charge in [-0.25, -0.2) is 0 Å². The highest BCUT2D eigenvalue weighted by molar-refractivity contribution is 7.12. The zero-order chi connectivity index (χ0) is 24.1. The van der Waals surface area contributed by atoms with Gasteiger partial charge >= 0.3 is 5.97 Å². The fourth-order valence-electron chi connectivity index (χ4n) is 3.89. The first-order valence-corrected chi connectivity index (χ1v) is 12.2. The summed E-state index contributed by atoms with van der Waals surface area (Å²) >= 11 is 1.77. The normalized spacial score (nSPS) is 13.2. The Kier molecular flexibility index (Phi) is 8.91. The van der Waals surface area contributed by atoms with Gasteiger partial charge in [-0.3, -0.25) is 4.79 Å². The molecule has 1 atom stereocenters. The van der Waals surface area contributed by atoms with E-state index in [1.54, 1.807) is 11.3 Å². The Labute approximate surface area is 196 Å². The summed E-state index contributed by atoms with van der Waals surface area (Å²) in [6.45, 7) is 15.4. The molecule has 0 spiro atoms. The van der Waals surface area contributed by atoms with E-state index in [1.165, 1.54) is 20.9 Å². The fraction of sp³-hybridized carbons (Fsp3) is 0.577. The molecule has 0 aliphatic carbocycles. The van der Waals surface area contributed by atoms with E-state index < -0.39 is 12.1 Å². The molecule has 5 nitrogen and oxygen atoms in total. The molecule has 0 amide bonds. The van der Waals surface area contributed by atoms with Gasteiger partial charge in [-0.15, -0.1) is 11.3 Å². The highest BCUT2D eigenvalue weighted by Gasteiger charge is 2.33. The number of thiophene rings is 1. The highest BCUT2D eigenvalue weighted by Crippen LogP contribution is 2.44. The van der Waals surface area contributed by atoms with Crippen molar-refractivity contribution in [3.8, 4) is 5.75 Å². The van der Waals surface area contributed by atoms with Crippen molar-refractivity contribution < 1.29 is 19.7 Å². The summed E-state index contributed by atoms with van der Waals surface area (Å²) in [7, 11) is 0. The number of nitrogens with one attached hydrogen (secondary N) is 1. The maximum absolute atomic E-state index is 10.8. The van der Waals surface area contributed by atoms with Crippen LogP contribution in [-0.2, 0) is 16.8 Å². The Morgan fingerprint density at radius 3 is 2.31 bits per heavy atom. The minimum Gasteiger partial charge on any atom is -0.491 e. The molecule has 1 aromatic heterocycles. The molecular formula is C26H39NO4S. The Morgan fingerprint density at radius 2 is 1.78 bits per heavy atom. The van der Waals surface area contributed by atoms with Gasteiger partial charge in [-0.2, -0.15) is 0 Å². The SMILES string of the molecule is CCC(CC)(c1ccc(OCC(O)C(C)(C)C)c(C)c1)c1cc(C)c(CNCC(=O)O)s1. The molecule has 2 rings (SSSR count). The molecule has 178 valence electrons. The molecule has 0 fully saturated rings. The van der Waals surface area contributed by atoms with Crippen LogP contribution in [0.2, 0.25) is 0 Å². The zero-order valence-electron chi connectivity index (χ0n) is 20.5. The monoisotopic (exact) mass is 461 g/mol. The van der Waals surface area contributed by atoms with Crippen LogP contribution in [0.4, 0.5) is 0 Å². The van der Waals surface area contributed by atoms with E-state index in [2.05, 4.69) is 51.2 Å². The number of hydrogen-bond acceptors (Lipinski definition) is 5. The number of aliphatic hydroxyl groups excluding tert-OH is 1. The van der Waals surface area contributed by atoms with Gasteiger partial charge in [0, 0.05) is 21.7 Å². The lowest BCUT2D eigenvalue weighted by molar-refractivity contribution is -0.135. The standard InChI is InChI=1S/C26H39NO4S/c1-8-26(9-2,23-13-18(4)21(32-23)14-27-15-24(29)30)19-10-11-20(17(3)12-19)31-16-22(28)25(5,6)7/h10-13,22,27-28H,8-9,14-16H2,1-7H3,(H,29,30).